The fraction of sp³-hybridized carbons (Fsp3) is 0.476. The van der Waals surface area contributed by atoms with Crippen LogP contribution in [0.25, 0.3) is 0 Å². The normalized spacial score (nSPS) is 13.6. The summed E-state index contributed by atoms with van der Waals surface area (Å²) in [4.78, 5) is 54.0. The topological polar surface area (TPSA) is 160 Å². The second-order valence-corrected chi connectivity index (χ2v) is 14.9. The molecule has 5 N–H and O–H groups in total. The fourth-order valence-corrected chi connectivity index (χ4v) is 6.03. The van der Waals surface area contributed by atoms with Gasteiger partial charge in [0.2, 0.25) is 11.8 Å². The standard InChI is InChI=1S/C42H58N4O7/c1-30(2)25-35(38(43)48)45-39(49)34(26-31-17-9-6-10-18-31)28-37(47)36(27-32-19-11-7-12-20-32)46(41(51)53-42(3,4)5)24-16-15-23-44-40(50)52-29-33-21-13-8-14-22-33/h6-14,17-22,30,34-37,47H,15-16,23-29H2,1-5H3,(H2,43,48)(H,44,50)(H,45,49). The Labute approximate surface area is 314 Å². The zero-order chi connectivity index (χ0) is 38.8. The van der Waals surface area contributed by atoms with Gasteiger partial charge >= 0.3 is 12.2 Å². The molecule has 0 aromatic heterocycles. The second kappa shape index (κ2) is 21.6. The Kier molecular flexibility index (Phi) is 17.3. The van der Waals surface area contributed by atoms with Crippen LogP contribution in [0.15, 0.2) is 91.0 Å². The summed E-state index contributed by atoms with van der Waals surface area (Å²) in [6.07, 6.45) is -0.311. The lowest BCUT2D eigenvalue weighted by molar-refractivity contribution is -0.131. The molecule has 3 aromatic rings. The van der Waals surface area contributed by atoms with Crippen LogP contribution in [0, 0.1) is 11.8 Å². The number of nitrogens with one attached hydrogen (secondary N) is 2. The van der Waals surface area contributed by atoms with Crippen LogP contribution in [0.3, 0.4) is 0 Å². The summed E-state index contributed by atoms with van der Waals surface area (Å²) >= 11 is 0. The summed E-state index contributed by atoms with van der Waals surface area (Å²) in [6.45, 7) is 9.93. The van der Waals surface area contributed by atoms with Crippen LogP contribution in [0.2, 0.25) is 0 Å². The van der Waals surface area contributed by atoms with Gasteiger partial charge in [0, 0.05) is 19.0 Å². The first kappa shape index (κ1) is 42.5. The Morgan fingerprint density at radius 3 is 1.87 bits per heavy atom. The number of hydrogen-bond acceptors (Lipinski definition) is 7. The van der Waals surface area contributed by atoms with Gasteiger partial charge in [-0.1, -0.05) is 105 Å². The number of ether oxygens (including phenoxy) is 2. The first-order valence-corrected chi connectivity index (χ1v) is 18.5. The van der Waals surface area contributed by atoms with Crippen LogP contribution in [0.4, 0.5) is 9.59 Å². The summed E-state index contributed by atoms with van der Waals surface area (Å²) in [5.41, 5.74) is 7.53. The number of rotatable bonds is 20. The summed E-state index contributed by atoms with van der Waals surface area (Å²) < 4.78 is 11.2. The van der Waals surface area contributed by atoms with E-state index in [-0.39, 0.29) is 25.5 Å². The maximum atomic E-state index is 13.9. The SMILES string of the molecule is CC(C)CC(NC(=O)C(Cc1ccccc1)CC(O)C(Cc1ccccc1)N(CCCCNC(=O)OCc1ccccc1)C(=O)OC(C)(C)C)C(N)=O. The first-order chi connectivity index (χ1) is 25.2. The van der Waals surface area contributed by atoms with Crippen molar-refractivity contribution in [1.82, 2.24) is 15.5 Å². The third kappa shape index (κ3) is 16.1. The van der Waals surface area contributed by atoms with Crippen LogP contribution in [-0.4, -0.2) is 70.9 Å². The Bertz CT molecular complexity index is 1550. The molecule has 0 aliphatic rings. The van der Waals surface area contributed by atoms with Gasteiger partial charge in [-0.05, 0) is 81.9 Å². The highest BCUT2D eigenvalue weighted by Gasteiger charge is 2.36. The van der Waals surface area contributed by atoms with Crippen LogP contribution in [0.5, 0.6) is 0 Å². The molecular formula is C42H58N4O7. The second-order valence-electron chi connectivity index (χ2n) is 14.9. The minimum Gasteiger partial charge on any atom is -0.445 e. The quantitative estimate of drug-likeness (QED) is 0.101. The van der Waals surface area contributed by atoms with Crippen molar-refractivity contribution in [3.63, 3.8) is 0 Å². The predicted octanol–water partition coefficient (Wildman–Crippen LogP) is 6.17. The largest absolute Gasteiger partial charge is 0.445 e. The molecule has 0 heterocycles. The summed E-state index contributed by atoms with van der Waals surface area (Å²) in [6, 6.07) is 26.8. The van der Waals surface area contributed by atoms with E-state index >= 15 is 0 Å². The van der Waals surface area contributed by atoms with E-state index in [1.807, 2.05) is 105 Å². The lowest BCUT2D eigenvalue weighted by Gasteiger charge is -2.37. The van der Waals surface area contributed by atoms with E-state index in [9.17, 15) is 24.3 Å². The summed E-state index contributed by atoms with van der Waals surface area (Å²) in [5.74, 6) is -1.65. The van der Waals surface area contributed by atoms with Crippen LogP contribution in [-0.2, 0) is 38.5 Å². The number of unbranched alkanes of at least 4 members (excludes halogenated alkanes) is 1. The highest BCUT2D eigenvalue weighted by Crippen LogP contribution is 2.24. The van der Waals surface area contributed by atoms with E-state index in [4.69, 9.17) is 15.2 Å². The number of nitrogens with zero attached hydrogens (tertiary/aromatic N) is 1. The molecule has 0 aliphatic carbocycles. The maximum absolute atomic E-state index is 13.9. The molecule has 0 saturated heterocycles. The van der Waals surface area contributed by atoms with Crippen molar-refractivity contribution < 1.29 is 33.8 Å². The molecule has 0 fully saturated rings. The summed E-state index contributed by atoms with van der Waals surface area (Å²) in [5, 5.41) is 17.7. The van der Waals surface area contributed by atoms with Gasteiger partial charge in [-0.25, -0.2) is 9.59 Å². The van der Waals surface area contributed by atoms with Gasteiger partial charge in [0.25, 0.3) is 0 Å². The van der Waals surface area contributed by atoms with Crippen molar-refractivity contribution in [3.8, 4) is 0 Å². The Hall–Kier alpha value is -4.90. The van der Waals surface area contributed by atoms with E-state index in [1.54, 1.807) is 25.7 Å². The number of hydrogen-bond donors (Lipinski definition) is 4. The molecule has 11 nitrogen and oxygen atoms in total. The monoisotopic (exact) mass is 730 g/mol. The third-order valence-corrected chi connectivity index (χ3v) is 8.66. The molecule has 0 bridgehead atoms. The molecule has 0 saturated carbocycles. The Balaban J connectivity index is 1.83. The van der Waals surface area contributed by atoms with Gasteiger partial charge in [-0.15, -0.1) is 0 Å². The molecule has 288 valence electrons. The van der Waals surface area contributed by atoms with E-state index in [0.717, 1.165) is 16.7 Å². The van der Waals surface area contributed by atoms with Gasteiger partial charge in [0.15, 0.2) is 0 Å². The third-order valence-electron chi connectivity index (χ3n) is 8.66. The van der Waals surface area contributed by atoms with E-state index in [2.05, 4.69) is 10.6 Å². The van der Waals surface area contributed by atoms with E-state index in [0.29, 0.717) is 38.6 Å². The molecule has 0 aliphatic heterocycles. The minimum absolute atomic E-state index is 0.000499. The average molecular weight is 731 g/mol. The number of amides is 4. The number of benzene rings is 3. The fourth-order valence-electron chi connectivity index (χ4n) is 6.03. The van der Waals surface area contributed by atoms with Crippen molar-refractivity contribution >= 4 is 24.0 Å². The molecule has 0 spiro atoms. The number of carbonyl (C=O) groups is 4. The number of aliphatic hydroxyl groups is 1. The number of nitrogens with two attached hydrogens (primary N) is 1. The van der Waals surface area contributed by atoms with Gasteiger partial charge in [0.1, 0.15) is 18.2 Å². The lowest BCUT2D eigenvalue weighted by Crippen LogP contribution is -2.52. The Morgan fingerprint density at radius 2 is 1.34 bits per heavy atom. The molecule has 4 atom stereocenters. The van der Waals surface area contributed by atoms with Crippen molar-refractivity contribution in [3.05, 3.63) is 108 Å². The lowest BCUT2D eigenvalue weighted by atomic mass is 9.87. The molecule has 0 radical (unpaired) electrons. The number of primary amides is 1. The molecule has 53 heavy (non-hydrogen) atoms. The van der Waals surface area contributed by atoms with Crippen molar-refractivity contribution in [2.24, 2.45) is 17.6 Å². The molecule has 3 aromatic carbocycles. The van der Waals surface area contributed by atoms with Crippen molar-refractivity contribution in [2.45, 2.75) is 104 Å². The molecule has 3 rings (SSSR count). The van der Waals surface area contributed by atoms with E-state index < -0.39 is 53.7 Å². The zero-order valence-electron chi connectivity index (χ0n) is 31.8. The molecule has 4 amide bonds. The van der Waals surface area contributed by atoms with Gasteiger partial charge in [0.05, 0.1) is 12.1 Å². The minimum atomic E-state index is -1.16. The van der Waals surface area contributed by atoms with E-state index in [1.165, 1.54) is 0 Å². The first-order valence-electron chi connectivity index (χ1n) is 18.5. The smallest absolute Gasteiger partial charge is 0.410 e. The highest BCUT2D eigenvalue weighted by atomic mass is 16.6. The zero-order valence-corrected chi connectivity index (χ0v) is 31.8. The van der Waals surface area contributed by atoms with Crippen molar-refractivity contribution in [1.29, 1.82) is 0 Å². The van der Waals surface area contributed by atoms with Crippen molar-refractivity contribution in [2.75, 3.05) is 13.1 Å². The number of carbonyl (C=O) groups excluding carboxylic acids is 4. The van der Waals surface area contributed by atoms with Gasteiger partial charge < -0.3 is 35.8 Å². The molecule has 4 unspecified atom stereocenters. The van der Waals surface area contributed by atoms with Crippen LogP contribution >= 0.6 is 0 Å². The average Bonchev–Trinajstić information content (AvgIpc) is 3.11. The Morgan fingerprint density at radius 1 is 0.792 bits per heavy atom. The summed E-state index contributed by atoms with van der Waals surface area (Å²) in [7, 11) is 0. The predicted molar refractivity (Wildman–Crippen MR) is 206 cm³/mol. The molecular weight excluding hydrogens is 672 g/mol. The molecule has 11 heteroatoms. The van der Waals surface area contributed by atoms with Crippen LogP contribution in [0.1, 0.15) is 77.0 Å². The van der Waals surface area contributed by atoms with Gasteiger partial charge in [-0.2, -0.15) is 0 Å². The maximum Gasteiger partial charge on any atom is 0.410 e. The highest BCUT2D eigenvalue weighted by molar-refractivity contribution is 5.87. The number of aliphatic hydroxyl groups excluding tert-OH is 1. The van der Waals surface area contributed by atoms with Crippen LogP contribution < -0.4 is 16.4 Å². The number of alkyl carbamates (subject to hydrolysis) is 1. The van der Waals surface area contributed by atoms with Gasteiger partial charge in [-0.3, -0.25) is 9.59 Å².